The zero-order valence-corrected chi connectivity index (χ0v) is 16.6. The number of piperidine rings is 1. The Morgan fingerprint density at radius 3 is 2.18 bits per heavy atom. The molecule has 28 heavy (non-hydrogen) atoms. The first-order valence-electron chi connectivity index (χ1n) is 9.82. The van der Waals surface area contributed by atoms with Crippen molar-refractivity contribution >= 4 is 24.0 Å². The fraction of sp³-hybridized carbons (Fsp3) is 0.650. The van der Waals surface area contributed by atoms with Gasteiger partial charge in [0.1, 0.15) is 5.54 Å². The first kappa shape index (κ1) is 21.2. The molecular weight excluding hydrogens is 391 g/mol. The quantitative estimate of drug-likeness (QED) is 0.791. The average Bonchev–Trinajstić information content (AvgIpc) is 2.98. The lowest BCUT2D eigenvalue weighted by Crippen LogP contribution is -2.58. The molecule has 1 spiro atoms. The topological polar surface area (TPSA) is 35.6 Å². The van der Waals surface area contributed by atoms with Crippen molar-refractivity contribution in [2.75, 3.05) is 24.7 Å². The van der Waals surface area contributed by atoms with Gasteiger partial charge in [-0.05, 0) is 50.7 Å². The maximum Gasteiger partial charge on any atom is 0.391 e. The summed E-state index contributed by atoms with van der Waals surface area (Å²) < 4.78 is 38.7. The van der Waals surface area contributed by atoms with E-state index in [1.54, 1.807) is 0 Å². The van der Waals surface area contributed by atoms with Gasteiger partial charge < -0.3 is 15.1 Å². The predicted octanol–water partition coefficient (Wildman–Crippen LogP) is 3.96. The molecule has 2 heterocycles. The SMILES string of the molecule is Cl.O=C1NCN(c2ccccc2)C12CCN([C@H]1CC[C@H](C(F)(F)F)CC1)CC2. The number of carbonyl (C=O) groups is 1. The lowest BCUT2D eigenvalue weighted by molar-refractivity contribution is -0.184. The molecule has 1 aromatic carbocycles. The van der Waals surface area contributed by atoms with Gasteiger partial charge in [-0.2, -0.15) is 13.2 Å². The molecule has 1 amide bonds. The summed E-state index contributed by atoms with van der Waals surface area (Å²) in [6.07, 6.45) is -0.967. The predicted molar refractivity (Wildman–Crippen MR) is 105 cm³/mol. The number of alkyl halides is 3. The Labute approximate surface area is 169 Å². The van der Waals surface area contributed by atoms with Crippen molar-refractivity contribution in [3.63, 3.8) is 0 Å². The van der Waals surface area contributed by atoms with Crippen LogP contribution in [-0.2, 0) is 4.79 Å². The second-order valence-corrected chi connectivity index (χ2v) is 8.04. The molecule has 0 bridgehead atoms. The van der Waals surface area contributed by atoms with Crippen LogP contribution in [0.15, 0.2) is 30.3 Å². The van der Waals surface area contributed by atoms with Gasteiger partial charge in [0, 0.05) is 24.8 Å². The summed E-state index contributed by atoms with van der Waals surface area (Å²) in [4.78, 5) is 17.1. The van der Waals surface area contributed by atoms with Crippen LogP contribution in [0.1, 0.15) is 38.5 Å². The second-order valence-electron chi connectivity index (χ2n) is 8.04. The number of amides is 1. The van der Waals surface area contributed by atoms with E-state index in [0.717, 1.165) is 18.8 Å². The number of likely N-dealkylation sites (tertiary alicyclic amines) is 1. The second kappa shape index (κ2) is 8.11. The number of benzene rings is 1. The third-order valence-corrected chi connectivity index (χ3v) is 6.71. The molecule has 0 unspecified atom stereocenters. The van der Waals surface area contributed by atoms with E-state index in [1.807, 2.05) is 30.3 Å². The van der Waals surface area contributed by atoms with Crippen molar-refractivity contribution in [1.82, 2.24) is 10.2 Å². The fourth-order valence-corrected chi connectivity index (χ4v) is 5.06. The Morgan fingerprint density at radius 1 is 1.00 bits per heavy atom. The van der Waals surface area contributed by atoms with Gasteiger partial charge in [0.05, 0.1) is 12.6 Å². The lowest BCUT2D eigenvalue weighted by atomic mass is 9.81. The maximum absolute atomic E-state index is 12.9. The molecule has 156 valence electrons. The highest BCUT2D eigenvalue weighted by atomic mass is 35.5. The van der Waals surface area contributed by atoms with E-state index in [-0.39, 0.29) is 37.2 Å². The smallest absolute Gasteiger partial charge is 0.339 e. The number of nitrogens with one attached hydrogen (secondary N) is 1. The van der Waals surface area contributed by atoms with Crippen molar-refractivity contribution in [3.05, 3.63) is 30.3 Å². The highest BCUT2D eigenvalue weighted by Crippen LogP contribution is 2.41. The van der Waals surface area contributed by atoms with Crippen LogP contribution in [0.4, 0.5) is 18.9 Å². The average molecular weight is 418 g/mol. The summed E-state index contributed by atoms with van der Waals surface area (Å²) in [5, 5.41) is 2.99. The van der Waals surface area contributed by atoms with Crippen LogP contribution in [0.3, 0.4) is 0 Å². The molecule has 1 saturated carbocycles. The minimum atomic E-state index is -4.06. The summed E-state index contributed by atoms with van der Waals surface area (Å²) >= 11 is 0. The van der Waals surface area contributed by atoms with Crippen LogP contribution in [0.5, 0.6) is 0 Å². The van der Waals surface area contributed by atoms with Gasteiger partial charge >= 0.3 is 6.18 Å². The van der Waals surface area contributed by atoms with E-state index >= 15 is 0 Å². The van der Waals surface area contributed by atoms with E-state index in [9.17, 15) is 18.0 Å². The van der Waals surface area contributed by atoms with Crippen LogP contribution in [0.25, 0.3) is 0 Å². The Morgan fingerprint density at radius 2 is 1.61 bits per heavy atom. The van der Waals surface area contributed by atoms with Gasteiger partial charge in [-0.3, -0.25) is 4.79 Å². The number of nitrogens with zero attached hydrogens (tertiary/aromatic N) is 2. The Hall–Kier alpha value is -1.47. The number of para-hydroxylation sites is 1. The third kappa shape index (κ3) is 3.83. The van der Waals surface area contributed by atoms with Crippen LogP contribution in [0, 0.1) is 5.92 Å². The summed E-state index contributed by atoms with van der Waals surface area (Å²) in [6.45, 7) is 2.04. The van der Waals surface area contributed by atoms with E-state index in [4.69, 9.17) is 0 Å². The number of hydrogen-bond acceptors (Lipinski definition) is 3. The van der Waals surface area contributed by atoms with Gasteiger partial charge in [0.25, 0.3) is 0 Å². The van der Waals surface area contributed by atoms with Gasteiger partial charge in [0.15, 0.2) is 0 Å². The molecular formula is C20H27ClF3N3O. The van der Waals surface area contributed by atoms with Gasteiger partial charge in [-0.1, -0.05) is 18.2 Å². The number of hydrogen-bond donors (Lipinski definition) is 1. The standard InChI is InChI=1S/C20H26F3N3O.ClH/c21-20(22,23)15-6-8-16(9-7-15)25-12-10-19(11-13-25)18(27)24-14-26(19)17-4-2-1-3-5-17;/h1-5,15-16H,6-14H2,(H,24,27);1H/t15-,16-;. The number of halogens is 4. The van der Waals surface area contributed by atoms with Crippen LogP contribution in [0.2, 0.25) is 0 Å². The van der Waals surface area contributed by atoms with Crippen molar-refractivity contribution in [3.8, 4) is 0 Å². The molecule has 0 aromatic heterocycles. The van der Waals surface area contributed by atoms with Gasteiger partial charge in [-0.15, -0.1) is 12.4 Å². The van der Waals surface area contributed by atoms with Crippen LogP contribution >= 0.6 is 12.4 Å². The highest BCUT2D eigenvalue weighted by molar-refractivity contribution is 5.93. The molecule has 1 N–H and O–H groups in total. The third-order valence-electron chi connectivity index (χ3n) is 6.71. The van der Waals surface area contributed by atoms with E-state index in [0.29, 0.717) is 32.4 Å². The molecule has 2 saturated heterocycles. The first-order chi connectivity index (χ1) is 12.9. The van der Waals surface area contributed by atoms with E-state index in [1.165, 1.54) is 0 Å². The number of rotatable bonds is 2. The first-order valence-corrected chi connectivity index (χ1v) is 9.82. The van der Waals surface area contributed by atoms with Crippen LogP contribution in [-0.4, -0.2) is 48.3 Å². The van der Waals surface area contributed by atoms with Crippen molar-refractivity contribution in [2.45, 2.75) is 56.3 Å². The summed E-state index contributed by atoms with van der Waals surface area (Å²) in [7, 11) is 0. The molecule has 3 aliphatic rings. The zero-order chi connectivity index (χ0) is 19.1. The summed E-state index contributed by atoms with van der Waals surface area (Å²) in [5.74, 6) is -1.06. The molecule has 4 rings (SSSR count). The number of anilines is 1. The Balaban J connectivity index is 0.00000225. The monoisotopic (exact) mass is 417 g/mol. The summed E-state index contributed by atoms with van der Waals surface area (Å²) in [6, 6.07) is 10.2. The fourth-order valence-electron chi connectivity index (χ4n) is 5.06. The minimum Gasteiger partial charge on any atom is -0.339 e. The van der Waals surface area contributed by atoms with Gasteiger partial charge in [-0.25, -0.2) is 0 Å². The lowest BCUT2D eigenvalue weighted by Gasteiger charge is -2.46. The summed E-state index contributed by atoms with van der Waals surface area (Å²) in [5.41, 5.74) is 0.510. The van der Waals surface area contributed by atoms with E-state index < -0.39 is 17.6 Å². The van der Waals surface area contributed by atoms with Crippen molar-refractivity contribution in [1.29, 1.82) is 0 Å². The molecule has 1 aromatic rings. The van der Waals surface area contributed by atoms with E-state index in [2.05, 4.69) is 15.1 Å². The molecule has 4 nitrogen and oxygen atoms in total. The molecule has 8 heteroatoms. The maximum atomic E-state index is 12.9. The largest absolute Gasteiger partial charge is 0.391 e. The molecule has 0 atom stereocenters. The van der Waals surface area contributed by atoms with Gasteiger partial charge in [0.2, 0.25) is 5.91 Å². The van der Waals surface area contributed by atoms with Crippen molar-refractivity contribution in [2.24, 2.45) is 5.92 Å². The molecule has 2 aliphatic heterocycles. The molecule has 1 aliphatic carbocycles. The molecule has 0 radical (unpaired) electrons. The Kier molecular flexibility index (Phi) is 6.15. The highest BCUT2D eigenvalue weighted by Gasteiger charge is 2.51. The molecule has 3 fully saturated rings. The normalized spacial score (nSPS) is 28.1. The van der Waals surface area contributed by atoms with Crippen LogP contribution < -0.4 is 10.2 Å². The van der Waals surface area contributed by atoms with Crippen molar-refractivity contribution < 1.29 is 18.0 Å². The minimum absolute atomic E-state index is 0. The zero-order valence-electron chi connectivity index (χ0n) is 15.8. The Bertz CT molecular complexity index is 669. The number of carbonyl (C=O) groups excluding carboxylic acids is 1.